The topological polar surface area (TPSA) is 58.1 Å². The summed E-state index contributed by atoms with van der Waals surface area (Å²) >= 11 is 6.12. The number of fused-ring (bicyclic) bond motifs is 1. The van der Waals surface area contributed by atoms with E-state index in [9.17, 15) is 9.18 Å². The number of carbonyl (C=O) groups is 1. The fourth-order valence-electron chi connectivity index (χ4n) is 3.16. The van der Waals surface area contributed by atoms with Crippen LogP contribution in [-0.2, 0) is 13.0 Å². The van der Waals surface area contributed by atoms with E-state index in [0.29, 0.717) is 36.0 Å². The molecule has 5 nitrogen and oxygen atoms in total. The lowest BCUT2D eigenvalue weighted by Crippen LogP contribution is -2.39. The molecular formula is C21H18ClFN4O. The summed E-state index contributed by atoms with van der Waals surface area (Å²) in [6.45, 7) is 2.86. The molecule has 2 aromatic carbocycles. The van der Waals surface area contributed by atoms with Gasteiger partial charge in [-0.25, -0.2) is 19.2 Å². The molecule has 0 saturated heterocycles. The average molecular weight is 397 g/mol. The molecule has 0 atom stereocenters. The number of nitrogens with one attached hydrogen (secondary N) is 1. The Balaban J connectivity index is 1.49. The summed E-state index contributed by atoms with van der Waals surface area (Å²) in [7, 11) is 0. The summed E-state index contributed by atoms with van der Waals surface area (Å²) in [6, 6.07) is 11.3. The minimum Gasteiger partial charge on any atom is -0.320 e. The van der Waals surface area contributed by atoms with Gasteiger partial charge in [0.05, 0.1) is 12.2 Å². The fraction of sp³-hybridized carbons (Fsp3) is 0.190. The van der Waals surface area contributed by atoms with E-state index in [4.69, 9.17) is 11.6 Å². The highest BCUT2D eigenvalue weighted by atomic mass is 35.5. The van der Waals surface area contributed by atoms with Gasteiger partial charge in [0.2, 0.25) is 0 Å². The van der Waals surface area contributed by atoms with Crippen LogP contribution in [0.3, 0.4) is 0 Å². The Hall–Kier alpha value is -2.99. The van der Waals surface area contributed by atoms with Crippen molar-refractivity contribution in [1.29, 1.82) is 0 Å². The van der Waals surface area contributed by atoms with Crippen molar-refractivity contribution in [3.8, 4) is 11.4 Å². The fourth-order valence-corrected chi connectivity index (χ4v) is 3.34. The molecule has 0 unspecified atom stereocenters. The first-order chi connectivity index (χ1) is 13.5. The first kappa shape index (κ1) is 18.4. The van der Waals surface area contributed by atoms with Gasteiger partial charge < -0.3 is 10.2 Å². The van der Waals surface area contributed by atoms with Crippen molar-refractivity contribution >= 4 is 23.3 Å². The van der Waals surface area contributed by atoms with Gasteiger partial charge in [-0.2, -0.15) is 0 Å². The highest BCUT2D eigenvalue weighted by Gasteiger charge is 2.23. The minimum absolute atomic E-state index is 0.182. The lowest BCUT2D eigenvalue weighted by atomic mass is 10.1. The molecule has 28 heavy (non-hydrogen) atoms. The van der Waals surface area contributed by atoms with E-state index in [1.54, 1.807) is 35.4 Å². The van der Waals surface area contributed by atoms with Gasteiger partial charge in [0.1, 0.15) is 5.82 Å². The normalized spacial score (nSPS) is 13.2. The molecule has 1 N–H and O–H groups in total. The van der Waals surface area contributed by atoms with Crippen molar-refractivity contribution in [2.75, 3.05) is 11.9 Å². The van der Waals surface area contributed by atoms with E-state index >= 15 is 0 Å². The summed E-state index contributed by atoms with van der Waals surface area (Å²) in [4.78, 5) is 23.4. The summed E-state index contributed by atoms with van der Waals surface area (Å²) in [5.74, 6) is 0.268. The molecule has 3 aromatic rings. The third-order valence-corrected chi connectivity index (χ3v) is 5.24. The number of halogens is 2. The second kappa shape index (κ2) is 7.56. The Kier molecular flexibility index (Phi) is 4.96. The molecule has 1 aliphatic rings. The van der Waals surface area contributed by atoms with E-state index < -0.39 is 0 Å². The maximum Gasteiger partial charge on any atom is 0.322 e. The first-order valence-electron chi connectivity index (χ1n) is 8.93. The molecule has 142 valence electrons. The van der Waals surface area contributed by atoms with Crippen LogP contribution in [0.4, 0.5) is 14.9 Å². The van der Waals surface area contributed by atoms with Crippen molar-refractivity contribution < 1.29 is 9.18 Å². The standard InChI is InChI=1S/C21H18ClFN4O/c1-13-17(22)3-2-4-18(13)26-21(28)27-10-9-19-15(12-27)11-24-20(25-19)14-5-7-16(23)8-6-14/h2-8,11H,9-10,12H2,1H3,(H,26,28). The van der Waals surface area contributed by atoms with Gasteiger partial charge in [-0.05, 0) is 48.9 Å². The Morgan fingerprint density at radius 2 is 2.00 bits per heavy atom. The SMILES string of the molecule is Cc1c(Cl)cccc1NC(=O)N1CCc2nc(-c3ccc(F)cc3)ncc2C1. The van der Waals surface area contributed by atoms with E-state index in [0.717, 1.165) is 22.4 Å². The zero-order valence-corrected chi connectivity index (χ0v) is 16.0. The third kappa shape index (κ3) is 3.68. The number of hydrogen-bond acceptors (Lipinski definition) is 3. The number of urea groups is 1. The van der Waals surface area contributed by atoms with Crippen LogP contribution in [0.5, 0.6) is 0 Å². The van der Waals surface area contributed by atoms with Gasteiger partial charge >= 0.3 is 6.03 Å². The van der Waals surface area contributed by atoms with Crippen LogP contribution >= 0.6 is 11.6 Å². The molecule has 2 heterocycles. The number of anilines is 1. The largest absolute Gasteiger partial charge is 0.322 e. The van der Waals surface area contributed by atoms with Crippen LogP contribution in [0.2, 0.25) is 5.02 Å². The number of benzene rings is 2. The van der Waals surface area contributed by atoms with Crippen molar-refractivity contribution in [2.24, 2.45) is 0 Å². The van der Waals surface area contributed by atoms with Gasteiger partial charge in [-0.15, -0.1) is 0 Å². The molecule has 0 fully saturated rings. The second-order valence-electron chi connectivity index (χ2n) is 6.69. The lowest BCUT2D eigenvalue weighted by Gasteiger charge is -2.28. The summed E-state index contributed by atoms with van der Waals surface area (Å²) in [5, 5.41) is 3.53. The molecule has 0 bridgehead atoms. The lowest BCUT2D eigenvalue weighted by molar-refractivity contribution is 0.206. The van der Waals surface area contributed by atoms with Crippen molar-refractivity contribution in [1.82, 2.24) is 14.9 Å². The Morgan fingerprint density at radius 1 is 1.21 bits per heavy atom. The van der Waals surface area contributed by atoms with E-state index in [1.165, 1.54) is 12.1 Å². The van der Waals surface area contributed by atoms with Crippen molar-refractivity contribution in [2.45, 2.75) is 19.9 Å². The van der Waals surface area contributed by atoms with Crippen LogP contribution in [-0.4, -0.2) is 27.4 Å². The molecule has 0 spiro atoms. The number of hydrogen-bond donors (Lipinski definition) is 1. The number of aromatic nitrogens is 2. The van der Waals surface area contributed by atoms with Crippen LogP contribution in [0.25, 0.3) is 11.4 Å². The number of carbonyl (C=O) groups excluding carboxylic acids is 1. The third-order valence-electron chi connectivity index (χ3n) is 4.83. The van der Waals surface area contributed by atoms with Crippen LogP contribution in [0.1, 0.15) is 16.8 Å². The highest BCUT2D eigenvalue weighted by Crippen LogP contribution is 2.25. The van der Waals surface area contributed by atoms with E-state index in [2.05, 4.69) is 15.3 Å². The zero-order valence-electron chi connectivity index (χ0n) is 15.2. The molecule has 0 aliphatic carbocycles. The van der Waals surface area contributed by atoms with Gasteiger partial charge in [0.25, 0.3) is 0 Å². The summed E-state index contributed by atoms with van der Waals surface area (Å²) in [5.41, 5.74) is 4.13. The maximum absolute atomic E-state index is 13.1. The Morgan fingerprint density at radius 3 is 2.79 bits per heavy atom. The van der Waals surface area contributed by atoms with E-state index in [-0.39, 0.29) is 11.8 Å². The smallest absolute Gasteiger partial charge is 0.320 e. The van der Waals surface area contributed by atoms with Crippen molar-refractivity contribution in [3.05, 3.63) is 76.3 Å². The van der Waals surface area contributed by atoms with Crippen LogP contribution in [0, 0.1) is 12.7 Å². The Labute approximate surface area is 167 Å². The van der Waals surface area contributed by atoms with Gasteiger partial charge in [-0.3, -0.25) is 0 Å². The number of nitrogens with zero attached hydrogens (tertiary/aromatic N) is 3. The predicted molar refractivity (Wildman–Crippen MR) is 107 cm³/mol. The number of amides is 2. The molecule has 7 heteroatoms. The van der Waals surface area contributed by atoms with Crippen LogP contribution in [0.15, 0.2) is 48.7 Å². The molecule has 0 radical (unpaired) electrons. The molecule has 2 amide bonds. The molecular weight excluding hydrogens is 379 g/mol. The second-order valence-corrected chi connectivity index (χ2v) is 7.09. The minimum atomic E-state index is -0.293. The molecule has 1 aromatic heterocycles. The molecule has 4 rings (SSSR count). The van der Waals surface area contributed by atoms with Gasteiger partial charge in [-0.1, -0.05) is 17.7 Å². The number of rotatable bonds is 2. The summed E-state index contributed by atoms with van der Waals surface area (Å²) < 4.78 is 13.1. The monoisotopic (exact) mass is 396 g/mol. The Bertz CT molecular complexity index is 1040. The molecule has 0 saturated carbocycles. The summed E-state index contributed by atoms with van der Waals surface area (Å²) in [6.07, 6.45) is 2.37. The maximum atomic E-state index is 13.1. The molecule has 1 aliphatic heterocycles. The highest BCUT2D eigenvalue weighted by molar-refractivity contribution is 6.31. The van der Waals surface area contributed by atoms with Gasteiger partial charge in [0, 0.05) is 41.0 Å². The van der Waals surface area contributed by atoms with Crippen LogP contribution < -0.4 is 5.32 Å². The zero-order chi connectivity index (χ0) is 19.7. The average Bonchev–Trinajstić information content (AvgIpc) is 2.71. The van der Waals surface area contributed by atoms with Gasteiger partial charge in [0.15, 0.2) is 5.82 Å². The quantitative estimate of drug-likeness (QED) is 0.674. The van der Waals surface area contributed by atoms with E-state index in [1.807, 2.05) is 13.0 Å². The first-order valence-corrected chi connectivity index (χ1v) is 9.31. The predicted octanol–water partition coefficient (Wildman–Crippen LogP) is 4.83. The van der Waals surface area contributed by atoms with Crippen molar-refractivity contribution in [3.63, 3.8) is 0 Å².